The van der Waals surface area contributed by atoms with Gasteiger partial charge in [0, 0.05) is 14.2 Å². The van der Waals surface area contributed by atoms with Gasteiger partial charge in [-0.3, -0.25) is 18.5 Å². The SMILES string of the molecule is COCCN1N=C(C)[C@@H](C)n2c1nc1c2c(=O)n(Cc2cc(C)ccc2C)c(=O)n1C. The molecule has 1 aromatic carbocycles. The zero-order valence-corrected chi connectivity index (χ0v) is 18.8. The Bertz CT molecular complexity index is 1310. The van der Waals surface area contributed by atoms with Crippen LogP contribution in [0, 0.1) is 13.8 Å². The van der Waals surface area contributed by atoms with E-state index in [0.717, 1.165) is 22.4 Å². The number of imidazole rings is 1. The number of aromatic nitrogens is 4. The van der Waals surface area contributed by atoms with Crippen LogP contribution in [0.2, 0.25) is 0 Å². The molecule has 1 aliphatic heterocycles. The first-order valence-electron chi connectivity index (χ1n) is 10.3. The Balaban J connectivity index is 1.96. The maximum Gasteiger partial charge on any atom is 0.332 e. The number of nitrogens with zero attached hydrogens (tertiary/aromatic N) is 6. The van der Waals surface area contributed by atoms with Gasteiger partial charge in [0.15, 0.2) is 11.2 Å². The standard InChI is InChI=1S/C22H28N6O3/c1-13-7-8-14(2)17(11-13)12-26-20(29)18-19(25(5)22(26)30)23-21-27(9-10-31-6)24-15(3)16(4)28(18)21/h7-8,11,16H,9-10,12H2,1-6H3/t16-/m1/s1. The first-order valence-corrected chi connectivity index (χ1v) is 10.3. The molecule has 3 aromatic rings. The average molecular weight is 425 g/mol. The molecule has 0 radical (unpaired) electrons. The number of fused-ring (bicyclic) bond motifs is 3. The Morgan fingerprint density at radius 3 is 2.61 bits per heavy atom. The van der Waals surface area contributed by atoms with Crippen LogP contribution >= 0.6 is 0 Å². The molecule has 2 aromatic heterocycles. The molecular weight excluding hydrogens is 396 g/mol. The van der Waals surface area contributed by atoms with E-state index in [1.807, 2.05) is 50.5 Å². The van der Waals surface area contributed by atoms with E-state index in [9.17, 15) is 9.59 Å². The number of ether oxygens (including phenoxy) is 1. The summed E-state index contributed by atoms with van der Waals surface area (Å²) >= 11 is 0. The lowest BCUT2D eigenvalue weighted by Gasteiger charge is -2.29. The van der Waals surface area contributed by atoms with Crippen LogP contribution in [0.4, 0.5) is 5.95 Å². The average Bonchev–Trinajstić information content (AvgIpc) is 3.15. The molecule has 4 rings (SSSR count). The quantitative estimate of drug-likeness (QED) is 0.625. The summed E-state index contributed by atoms with van der Waals surface area (Å²) in [6.45, 7) is 9.06. The van der Waals surface area contributed by atoms with Crippen molar-refractivity contribution in [2.45, 2.75) is 40.3 Å². The van der Waals surface area contributed by atoms with Crippen molar-refractivity contribution >= 4 is 22.8 Å². The Hall–Kier alpha value is -3.20. The summed E-state index contributed by atoms with van der Waals surface area (Å²) in [6.07, 6.45) is 0. The highest BCUT2D eigenvalue weighted by atomic mass is 16.5. The van der Waals surface area contributed by atoms with Crippen LogP contribution in [-0.2, 0) is 18.3 Å². The number of hydrogen-bond acceptors (Lipinski definition) is 6. The zero-order valence-electron chi connectivity index (χ0n) is 18.8. The molecule has 0 aliphatic carbocycles. The van der Waals surface area contributed by atoms with Gasteiger partial charge in [-0.25, -0.2) is 9.80 Å². The normalized spacial score (nSPS) is 16.0. The maximum atomic E-state index is 13.6. The molecule has 0 saturated carbocycles. The van der Waals surface area contributed by atoms with Gasteiger partial charge < -0.3 is 4.74 Å². The van der Waals surface area contributed by atoms with E-state index >= 15 is 0 Å². The monoisotopic (exact) mass is 424 g/mol. The molecule has 31 heavy (non-hydrogen) atoms. The van der Waals surface area contributed by atoms with Gasteiger partial charge in [-0.2, -0.15) is 10.1 Å². The number of aryl methyl sites for hydroxylation is 3. The molecule has 1 aliphatic rings. The maximum absolute atomic E-state index is 13.6. The van der Waals surface area contributed by atoms with Gasteiger partial charge in [0.2, 0.25) is 5.95 Å². The Kier molecular flexibility index (Phi) is 5.30. The summed E-state index contributed by atoms with van der Waals surface area (Å²) in [6, 6.07) is 5.89. The van der Waals surface area contributed by atoms with E-state index in [1.54, 1.807) is 19.2 Å². The molecule has 0 saturated heterocycles. The van der Waals surface area contributed by atoms with E-state index in [2.05, 4.69) is 10.1 Å². The lowest BCUT2D eigenvalue weighted by molar-refractivity contribution is 0.204. The first-order chi connectivity index (χ1) is 14.7. The van der Waals surface area contributed by atoms with E-state index in [1.165, 1.54) is 9.13 Å². The van der Waals surface area contributed by atoms with Crippen LogP contribution in [0.5, 0.6) is 0 Å². The lowest BCUT2D eigenvalue weighted by Crippen LogP contribution is -2.40. The van der Waals surface area contributed by atoms with Crippen LogP contribution in [0.25, 0.3) is 11.2 Å². The summed E-state index contributed by atoms with van der Waals surface area (Å²) in [5, 5.41) is 6.35. The number of benzene rings is 1. The third-order valence-electron chi connectivity index (χ3n) is 6.00. The minimum Gasteiger partial charge on any atom is -0.383 e. The summed E-state index contributed by atoms with van der Waals surface area (Å²) in [5.41, 5.74) is 3.97. The second kappa shape index (κ2) is 7.81. The van der Waals surface area contributed by atoms with Crippen molar-refractivity contribution in [3.8, 4) is 0 Å². The third kappa shape index (κ3) is 3.38. The van der Waals surface area contributed by atoms with Gasteiger partial charge in [-0.15, -0.1) is 0 Å². The van der Waals surface area contributed by atoms with Gasteiger partial charge in [0.1, 0.15) is 0 Å². The molecule has 9 nitrogen and oxygen atoms in total. The van der Waals surface area contributed by atoms with Crippen molar-refractivity contribution < 1.29 is 4.74 Å². The highest BCUT2D eigenvalue weighted by Gasteiger charge is 2.30. The number of anilines is 1. The van der Waals surface area contributed by atoms with Crippen molar-refractivity contribution in [3.63, 3.8) is 0 Å². The van der Waals surface area contributed by atoms with Gasteiger partial charge >= 0.3 is 5.69 Å². The van der Waals surface area contributed by atoms with Crippen molar-refractivity contribution in [1.29, 1.82) is 0 Å². The second-order valence-electron chi connectivity index (χ2n) is 8.15. The topological polar surface area (TPSA) is 86.7 Å². The Labute approximate surface area is 180 Å². The van der Waals surface area contributed by atoms with Gasteiger partial charge in [-0.1, -0.05) is 23.8 Å². The predicted octanol–water partition coefficient (Wildman–Crippen LogP) is 1.97. The molecular formula is C22H28N6O3. The largest absolute Gasteiger partial charge is 0.383 e. The molecule has 0 fully saturated rings. The van der Waals surface area contributed by atoms with Crippen molar-refractivity contribution in [2.24, 2.45) is 12.1 Å². The van der Waals surface area contributed by atoms with Gasteiger partial charge in [0.25, 0.3) is 5.56 Å². The Morgan fingerprint density at radius 2 is 1.90 bits per heavy atom. The van der Waals surface area contributed by atoms with Crippen molar-refractivity contribution in [3.05, 3.63) is 55.7 Å². The smallest absolute Gasteiger partial charge is 0.332 e. The molecule has 164 valence electrons. The number of methoxy groups -OCH3 is 1. The highest BCUT2D eigenvalue weighted by Crippen LogP contribution is 2.29. The van der Waals surface area contributed by atoms with Crippen LogP contribution < -0.4 is 16.3 Å². The lowest BCUT2D eigenvalue weighted by atomic mass is 10.1. The number of hydrogen-bond donors (Lipinski definition) is 0. The third-order valence-corrected chi connectivity index (χ3v) is 6.00. The molecule has 0 spiro atoms. The van der Waals surface area contributed by atoms with Gasteiger partial charge in [0.05, 0.1) is 31.4 Å². The molecule has 1 atom stereocenters. The number of hydrazone groups is 1. The van der Waals surface area contributed by atoms with Crippen LogP contribution in [0.3, 0.4) is 0 Å². The van der Waals surface area contributed by atoms with Crippen LogP contribution in [-0.4, -0.2) is 44.7 Å². The van der Waals surface area contributed by atoms with E-state index < -0.39 is 0 Å². The zero-order chi connectivity index (χ0) is 22.4. The molecule has 0 unspecified atom stereocenters. The van der Waals surface area contributed by atoms with Crippen LogP contribution in [0.15, 0.2) is 32.9 Å². The summed E-state index contributed by atoms with van der Waals surface area (Å²) in [5.74, 6) is 0.543. The Morgan fingerprint density at radius 1 is 1.16 bits per heavy atom. The molecule has 3 heterocycles. The van der Waals surface area contributed by atoms with E-state index in [0.29, 0.717) is 30.3 Å². The molecule has 9 heteroatoms. The fraction of sp³-hybridized carbons (Fsp3) is 0.455. The highest BCUT2D eigenvalue weighted by molar-refractivity contribution is 5.91. The molecule has 0 amide bonds. The van der Waals surface area contributed by atoms with E-state index in [4.69, 9.17) is 4.74 Å². The van der Waals surface area contributed by atoms with Crippen molar-refractivity contribution in [2.75, 3.05) is 25.3 Å². The summed E-state index contributed by atoms with van der Waals surface area (Å²) in [7, 11) is 3.28. The minimum atomic E-state index is -0.386. The summed E-state index contributed by atoms with van der Waals surface area (Å²) in [4.78, 5) is 31.4. The molecule has 0 bridgehead atoms. The summed E-state index contributed by atoms with van der Waals surface area (Å²) < 4.78 is 9.83. The first kappa shape index (κ1) is 21.0. The van der Waals surface area contributed by atoms with Crippen molar-refractivity contribution in [1.82, 2.24) is 18.7 Å². The van der Waals surface area contributed by atoms with Crippen LogP contribution in [0.1, 0.15) is 36.6 Å². The van der Waals surface area contributed by atoms with E-state index in [-0.39, 0.29) is 23.8 Å². The number of rotatable bonds is 5. The second-order valence-corrected chi connectivity index (χ2v) is 8.15. The van der Waals surface area contributed by atoms with Gasteiger partial charge in [-0.05, 0) is 38.8 Å². The minimum absolute atomic E-state index is 0.154. The fourth-order valence-corrected chi connectivity index (χ4v) is 3.99. The fourth-order valence-electron chi connectivity index (χ4n) is 3.99. The molecule has 0 N–H and O–H groups in total. The predicted molar refractivity (Wildman–Crippen MR) is 121 cm³/mol.